The molecule has 0 amide bonds. The third kappa shape index (κ3) is 2.09. The number of aromatic nitrogens is 2. The molecule has 2 aromatic heterocycles. The monoisotopic (exact) mass is 303 g/mol. The van der Waals surface area contributed by atoms with E-state index in [2.05, 4.69) is 14.9 Å². The van der Waals surface area contributed by atoms with E-state index in [1.807, 2.05) is 0 Å². The summed E-state index contributed by atoms with van der Waals surface area (Å²) in [6.07, 6.45) is 6.76. The molecule has 3 heterocycles. The van der Waals surface area contributed by atoms with Gasteiger partial charge in [-0.05, 0) is 37.7 Å². The predicted molar refractivity (Wildman–Crippen MR) is 82.0 cm³/mol. The summed E-state index contributed by atoms with van der Waals surface area (Å²) in [5, 5.41) is 10.5. The number of carboxylic acid groups (broad SMARTS) is 1. The summed E-state index contributed by atoms with van der Waals surface area (Å²) in [4.78, 5) is 24.8. The number of carboxylic acids is 1. The Morgan fingerprint density at radius 2 is 2.24 bits per heavy atom. The molecule has 4 rings (SSSR count). The topological polar surface area (TPSA) is 66.3 Å². The highest BCUT2D eigenvalue weighted by Crippen LogP contribution is 2.40. The summed E-state index contributed by atoms with van der Waals surface area (Å²) in [5.74, 6) is -0.0265. The molecular weight excluding hydrogens is 286 g/mol. The van der Waals surface area contributed by atoms with Crippen molar-refractivity contribution >= 4 is 33.3 Å². The zero-order chi connectivity index (χ0) is 14.4. The van der Waals surface area contributed by atoms with Gasteiger partial charge in [0.2, 0.25) is 0 Å². The molecular formula is C15H17N3O2S. The number of nitrogens with zero attached hydrogens (tertiary/aromatic N) is 3. The minimum atomic E-state index is -0.694. The van der Waals surface area contributed by atoms with Crippen LogP contribution >= 0.6 is 11.3 Å². The van der Waals surface area contributed by atoms with Crippen molar-refractivity contribution in [1.29, 1.82) is 0 Å². The number of hydrogen-bond acceptors (Lipinski definition) is 5. The zero-order valence-corrected chi connectivity index (χ0v) is 12.5. The van der Waals surface area contributed by atoms with Gasteiger partial charge in [0.05, 0.1) is 11.3 Å². The van der Waals surface area contributed by atoms with Crippen molar-refractivity contribution in [2.24, 2.45) is 5.92 Å². The van der Waals surface area contributed by atoms with E-state index in [0.717, 1.165) is 42.9 Å². The van der Waals surface area contributed by atoms with E-state index in [1.54, 1.807) is 17.7 Å². The van der Waals surface area contributed by atoms with Crippen molar-refractivity contribution in [3.8, 4) is 0 Å². The highest BCUT2D eigenvalue weighted by molar-refractivity contribution is 7.19. The van der Waals surface area contributed by atoms with Crippen LogP contribution in [0.25, 0.3) is 10.2 Å². The molecule has 0 radical (unpaired) electrons. The fraction of sp³-hybridized carbons (Fsp3) is 0.533. The van der Waals surface area contributed by atoms with Gasteiger partial charge in [-0.1, -0.05) is 0 Å². The van der Waals surface area contributed by atoms with Crippen molar-refractivity contribution in [2.75, 3.05) is 18.0 Å². The van der Waals surface area contributed by atoms with E-state index in [4.69, 9.17) is 0 Å². The molecule has 2 aromatic rings. The Balaban J connectivity index is 1.78. The fourth-order valence-corrected chi connectivity index (χ4v) is 4.75. The van der Waals surface area contributed by atoms with Crippen LogP contribution in [-0.2, 0) is 17.6 Å². The Bertz CT molecular complexity index is 712. The molecule has 0 bridgehead atoms. The van der Waals surface area contributed by atoms with E-state index in [1.165, 1.54) is 22.2 Å². The average molecular weight is 303 g/mol. The lowest BCUT2D eigenvalue weighted by molar-refractivity contribution is -0.141. The molecule has 0 unspecified atom stereocenters. The highest BCUT2D eigenvalue weighted by Gasteiger charge is 2.29. The first-order valence-corrected chi connectivity index (χ1v) is 8.28. The first kappa shape index (κ1) is 13.0. The van der Waals surface area contributed by atoms with Crippen LogP contribution in [0.3, 0.4) is 0 Å². The van der Waals surface area contributed by atoms with Gasteiger partial charge in [0.1, 0.15) is 17.0 Å². The Morgan fingerprint density at radius 1 is 1.33 bits per heavy atom. The lowest BCUT2D eigenvalue weighted by Gasteiger charge is -2.32. The highest BCUT2D eigenvalue weighted by atomic mass is 32.1. The minimum absolute atomic E-state index is 0.282. The molecule has 1 aliphatic heterocycles. The molecule has 6 heteroatoms. The maximum Gasteiger partial charge on any atom is 0.308 e. The second-order valence-electron chi connectivity index (χ2n) is 5.86. The minimum Gasteiger partial charge on any atom is -0.481 e. The molecule has 1 aliphatic carbocycles. The zero-order valence-electron chi connectivity index (χ0n) is 11.7. The summed E-state index contributed by atoms with van der Waals surface area (Å²) >= 11 is 1.78. The van der Waals surface area contributed by atoms with Crippen molar-refractivity contribution in [1.82, 2.24) is 9.97 Å². The number of aryl methyl sites for hydroxylation is 2. The van der Waals surface area contributed by atoms with Crippen molar-refractivity contribution in [3.05, 3.63) is 16.8 Å². The second-order valence-corrected chi connectivity index (χ2v) is 6.94. The van der Waals surface area contributed by atoms with Crippen molar-refractivity contribution in [2.45, 2.75) is 32.1 Å². The third-order valence-electron chi connectivity index (χ3n) is 4.55. The smallest absolute Gasteiger partial charge is 0.308 e. The molecule has 110 valence electrons. The largest absolute Gasteiger partial charge is 0.481 e. The Kier molecular flexibility index (Phi) is 3.06. The maximum atomic E-state index is 11.3. The molecule has 1 saturated heterocycles. The summed E-state index contributed by atoms with van der Waals surface area (Å²) in [5.41, 5.74) is 1.41. The van der Waals surface area contributed by atoms with E-state index < -0.39 is 5.97 Å². The fourth-order valence-electron chi connectivity index (χ4n) is 3.52. The Morgan fingerprint density at radius 3 is 3.10 bits per heavy atom. The second kappa shape index (κ2) is 4.94. The molecule has 0 aromatic carbocycles. The van der Waals surface area contributed by atoms with Gasteiger partial charge in [-0.2, -0.15) is 0 Å². The molecule has 5 nitrogen and oxygen atoms in total. The number of fused-ring (bicyclic) bond motifs is 3. The summed E-state index contributed by atoms with van der Waals surface area (Å²) in [7, 11) is 0. The lowest BCUT2D eigenvalue weighted by Crippen LogP contribution is -2.39. The number of anilines is 1. The molecule has 1 N–H and O–H groups in total. The van der Waals surface area contributed by atoms with Gasteiger partial charge < -0.3 is 10.0 Å². The van der Waals surface area contributed by atoms with E-state index >= 15 is 0 Å². The summed E-state index contributed by atoms with van der Waals surface area (Å²) < 4.78 is 0. The number of thiophene rings is 1. The van der Waals surface area contributed by atoms with E-state index in [9.17, 15) is 9.90 Å². The Labute approximate surface area is 126 Å². The van der Waals surface area contributed by atoms with Crippen LogP contribution in [0.5, 0.6) is 0 Å². The number of piperidine rings is 1. The first-order valence-electron chi connectivity index (χ1n) is 7.47. The van der Waals surface area contributed by atoms with Gasteiger partial charge in [-0.25, -0.2) is 9.97 Å². The predicted octanol–water partition coefficient (Wildman–Crippen LogP) is 2.48. The van der Waals surface area contributed by atoms with E-state index in [0.29, 0.717) is 6.54 Å². The van der Waals surface area contributed by atoms with Crippen LogP contribution in [0, 0.1) is 5.92 Å². The van der Waals surface area contributed by atoms with Crippen LogP contribution < -0.4 is 4.90 Å². The third-order valence-corrected chi connectivity index (χ3v) is 5.75. The molecule has 1 atom stereocenters. The molecule has 2 aliphatic rings. The number of carbonyl (C=O) groups is 1. The Hall–Kier alpha value is -1.69. The van der Waals surface area contributed by atoms with Gasteiger partial charge in [-0.3, -0.25) is 4.79 Å². The SMILES string of the molecule is O=C(O)[C@H]1CCCN(c2ncnc3sc4c(c23)CCC4)C1. The summed E-state index contributed by atoms with van der Waals surface area (Å²) in [6.45, 7) is 1.45. The first-order chi connectivity index (χ1) is 10.2. The van der Waals surface area contributed by atoms with Crippen molar-refractivity contribution < 1.29 is 9.90 Å². The average Bonchev–Trinajstić information content (AvgIpc) is 3.07. The van der Waals surface area contributed by atoms with Gasteiger partial charge >= 0.3 is 5.97 Å². The van der Waals surface area contributed by atoms with Crippen LogP contribution in [0.1, 0.15) is 29.7 Å². The van der Waals surface area contributed by atoms with Crippen LogP contribution in [-0.4, -0.2) is 34.1 Å². The standard InChI is InChI=1S/C15H17N3O2S/c19-15(20)9-3-2-6-18(7-9)13-12-10-4-1-5-11(10)21-14(12)17-8-16-13/h8-9H,1-7H2,(H,19,20)/t9-/m0/s1. The molecule has 1 fully saturated rings. The van der Waals surface area contributed by atoms with Crippen molar-refractivity contribution in [3.63, 3.8) is 0 Å². The maximum absolute atomic E-state index is 11.3. The molecule has 0 spiro atoms. The van der Waals surface area contributed by atoms with Gasteiger partial charge in [-0.15, -0.1) is 11.3 Å². The van der Waals surface area contributed by atoms with Crippen LogP contribution in [0.4, 0.5) is 5.82 Å². The van der Waals surface area contributed by atoms with Gasteiger partial charge in [0.25, 0.3) is 0 Å². The number of aliphatic carboxylic acids is 1. The number of hydrogen-bond donors (Lipinski definition) is 1. The van der Waals surface area contributed by atoms with Gasteiger partial charge in [0, 0.05) is 18.0 Å². The van der Waals surface area contributed by atoms with Crippen LogP contribution in [0.2, 0.25) is 0 Å². The summed E-state index contributed by atoms with van der Waals surface area (Å²) in [6, 6.07) is 0. The normalized spacial score (nSPS) is 21.7. The molecule has 21 heavy (non-hydrogen) atoms. The quantitative estimate of drug-likeness (QED) is 0.923. The van der Waals surface area contributed by atoms with Crippen LogP contribution in [0.15, 0.2) is 6.33 Å². The number of rotatable bonds is 2. The van der Waals surface area contributed by atoms with Gasteiger partial charge in [0.15, 0.2) is 0 Å². The molecule has 0 saturated carbocycles. The van der Waals surface area contributed by atoms with E-state index in [-0.39, 0.29) is 5.92 Å². The lowest BCUT2D eigenvalue weighted by atomic mass is 9.98.